The van der Waals surface area contributed by atoms with Crippen molar-refractivity contribution >= 4 is 52.3 Å². The van der Waals surface area contributed by atoms with Crippen molar-refractivity contribution in [1.82, 2.24) is 19.5 Å². The Balaban J connectivity index is 0.00000231. The van der Waals surface area contributed by atoms with Crippen LogP contribution in [-0.2, 0) is 6.42 Å². The third kappa shape index (κ3) is 3.49. The molecule has 6 nitrogen and oxygen atoms in total. The van der Waals surface area contributed by atoms with Crippen LogP contribution in [0.15, 0.2) is 42.4 Å². The van der Waals surface area contributed by atoms with Crippen LogP contribution in [0.3, 0.4) is 0 Å². The van der Waals surface area contributed by atoms with E-state index in [2.05, 4.69) is 15.0 Å². The molecule has 2 aliphatic heterocycles. The highest BCUT2D eigenvalue weighted by atomic mass is 16.1. The molecule has 0 aliphatic carbocycles. The second-order valence-electron chi connectivity index (χ2n) is 7.12. The molecule has 0 aromatic carbocycles. The minimum atomic E-state index is -0.143. The quantitative estimate of drug-likeness (QED) is 0.449. The second-order valence-corrected chi connectivity index (χ2v) is 7.12. The number of carbonyl (C=O) groups excluding carboxylic acids is 1. The lowest BCUT2D eigenvalue weighted by Gasteiger charge is -2.01. The first-order chi connectivity index (χ1) is 14.5. The van der Waals surface area contributed by atoms with E-state index in [1.807, 2.05) is 61.6 Å². The number of hydrogen-bond donors (Lipinski definition) is 1. The van der Waals surface area contributed by atoms with Crippen LogP contribution >= 0.6 is 0 Å². The predicted octanol–water partition coefficient (Wildman–Crippen LogP) is 4.53. The number of aryl methyl sites for hydroxylation is 1. The highest BCUT2D eigenvalue weighted by Crippen LogP contribution is 2.23. The van der Waals surface area contributed by atoms with E-state index >= 15 is 0 Å². The molecule has 5 rings (SSSR count). The Morgan fingerprint density at radius 3 is 2.03 bits per heavy atom. The lowest BCUT2D eigenvalue weighted by Crippen LogP contribution is -2.04. The van der Waals surface area contributed by atoms with Crippen LogP contribution in [-0.4, -0.2) is 30.9 Å². The van der Waals surface area contributed by atoms with Crippen LogP contribution in [0.5, 0.6) is 0 Å². The third-order valence-electron chi connectivity index (χ3n) is 5.01. The highest BCUT2D eigenvalue weighted by molar-refractivity contribution is 5.91. The van der Waals surface area contributed by atoms with Crippen molar-refractivity contribution in [3.05, 3.63) is 70.8 Å². The van der Waals surface area contributed by atoms with Gasteiger partial charge in [-0.3, -0.25) is 9.36 Å². The summed E-state index contributed by atoms with van der Waals surface area (Å²) in [6.07, 6.45) is 8.34. The molecule has 6 heteroatoms. The van der Waals surface area contributed by atoms with Crippen molar-refractivity contribution in [1.29, 1.82) is 0 Å². The van der Waals surface area contributed by atoms with Crippen LogP contribution in [0.2, 0.25) is 0 Å². The highest BCUT2D eigenvalue weighted by Gasteiger charge is 2.11. The molecular weight excluding hydrogens is 376 g/mol. The standard InChI is InChI=1S/C24H20N4O.H2O/c1-3-16-10-23-13-21-8-6-19(26-21)11-17-4-5-18(25-17)12-20-7-9-22(27-20)14-24(16)28(23)15(2)29;/h4-14,25H,3H2,1-2H3;1H2/i10D;. The first-order valence-electron chi connectivity index (χ1n) is 10.1. The van der Waals surface area contributed by atoms with Gasteiger partial charge < -0.3 is 10.5 Å². The Hall–Kier alpha value is -3.77. The van der Waals surface area contributed by atoms with E-state index in [1.54, 1.807) is 10.6 Å². The van der Waals surface area contributed by atoms with E-state index in [0.717, 1.165) is 33.7 Å². The van der Waals surface area contributed by atoms with E-state index in [-0.39, 0.29) is 11.4 Å². The Bertz CT molecular complexity index is 1430. The monoisotopic (exact) mass is 399 g/mol. The number of nitrogens with one attached hydrogen (secondary N) is 1. The zero-order valence-corrected chi connectivity index (χ0v) is 16.7. The Morgan fingerprint density at radius 1 is 0.967 bits per heavy atom. The summed E-state index contributed by atoms with van der Waals surface area (Å²) in [5.41, 5.74) is 7.07. The topological polar surface area (TPSA) is 95.1 Å². The average molecular weight is 399 g/mol. The van der Waals surface area contributed by atoms with Crippen LogP contribution in [0, 0.1) is 0 Å². The number of H-pyrrole nitrogens is 1. The fraction of sp³-hybridized carbons (Fsp3) is 0.125. The van der Waals surface area contributed by atoms with Crippen LogP contribution < -0.4 is 0 Å². The smallest absolute Gasteiger partial charge is 0.228 e. The molecule has 0 radical (unpaired) electrons. The Kier molecular flexibility index (Phi) is 4.61. The summed E-state index contributed by atoms with van der Waals surface area (Å²) in [7, 11) is 0. The van der Waals surface area contributed by atoms with Gasteiger partial charge in [-0.2, -0.15) is 0 Å². The van der Waals surface area contributed by atoms with Gasteiger partial charge in [0.05, 0.1) is 35.2 Å². The molecular formula is C24H22N4O2. The Labute approximate surface area is 175 Å². The second kappa shape index (κ2) is 7.57. The van der Waals surface area contributed by atoms with Crippen molar-refractivity contribution < 1.29 is 11.6 Å². The van der Waals surface area contributed by atoms with Gasteiger partial charge in [0, 0.05) is 18.0 Å². The first kappa shape index (κ1) is 18.3. The molecule has 8 bridgehead atoms. The molecule has 2 aliphatic rings. The fourth-order valence-corrected chi connectivity index (χ4v) is 3.71. The van der Waals surface area contributed by atoms with E-state index in [1.165, 1.54) is 6.92 Å². The third-order valence-corrected chi connectivity index (χ3v) is 5.01. The fourth-order valence-electron chi connectivity index (χ4n) is 3.71. The molecule has 3 N–H and O–H groups in total. The Morgan fingerprint density at radius 2 is 1.50 bits per heavy atom. The number of fused-ring (bicyclic) bond motifs is 8. The van der Waals surface area contributed by atoms with Crippen LogP contribution in [0.1, 0.15) is 48.4 Å². The van der Waals surface area contributed by atoms with E-state index in [4.69, 9.17) is 1.37 Å². The van der Waals surface area contributed by atoms with Gasteiger partial charge in [0.2, 0.25) is 5.91 Å². The maximum atomic E-state index is 12.6. The van der Waals surface area contributed by atoms with Crippen LogP contribution in [0.25, 0.3) is 46.4 Å². The van der Waals surface area contributed by atoms with E-state index < -0.39 is 0 Å². The number of rotatable bonds is 1. The average Bonchev–Trinajstić information content (AvgIpc) is 3.47. The van der Waals surface area contributed by atoms with Crippen molar-refractivity contribution in [3.8, 4) is 0 Å². The van der Waals surface area contributed by atoms with Crippen molar-refractivity contribution in [2.45, 2.75) is 20.3 Å². The number of carbonyl (C=O) groups is 1. The molecule has 0 saturated heterocycles. The predicted molar refractivity (Wildman–Crippen MR) is 122 cm³/mol. The molecule has 3 aromatic heterocycles. The zero-order valence-electron chi connectivity index (χ0n) is 17.7. The maximum absolute atomic E-state index is 12.6. The first-order valence-corrected chi connectivity index (χ1v) is 9.62. The number of hydrogen-bond acceptors (Lipinski definition) is 3. The van der Waals surface area contributed by atoms with Crippen LogP contribution in [0.4, 0.5) is 0 Å². The zero-order chi connectivity index (χ0) is 20.8. The summed E-state index contributed by atoms with van der Waals surface area (Å²) in [5.74, 6) is -0.143. The molecule has 150 valence electrons. The molecule has 3 aromatic rings. The molecule has 0 atom stereocenters. The molecule has 0 spiro atoms. The van der Waals surface area contributed by atoms with E-state index in [0.29, 0.717) is 29.2 Å². The summed E-state index contributed by atoms with van der Waals surface area (Å²) in [6, 6.07) is 12.0. The summed E-state index contributed by atoms with van der Waals surface area (Å²) in [6.45, 7) is 3.51. The largest absolute Gasteiger partial charge is 0.412 e. The van der Waals surface area contributed by atoms with Gasteiger partial charge in [0.1, 0.15) is 0 Å². The van der Waals surface area contributed by atoms with Gasteiger partial charge in [0.25, 0.3) is 0 Å². The normalized spacial score (nSPS) is 12.5. The van der Waals surface area contributed by atoms with Gasteiger partial charge in [-0.15, -0.1) is 0 Å². The molecule has 0 saturated carbocycles. The summed E-state index contributed by atoms with van der Waals surface area (Å²) >= 11 is 0. The minimum absolute atomic E-state index is 0. The molecule has 0 amide bonds. The van der Waals surface area contributed by atoms with Gasteiger partial charge in [-0.25, -0.2) is 9.97 Å². The van der Waals surface area contributed by atoms with Gasteiger partial charge >= 0.3 is 0 Å². The van der Waals surface area contributed by atoms with Crippen molar-refractivity contribution in [3.63, 3.8) is 0 Å². The van der Waals surface area contributed by atoms with Gasteiger partial charge in [-0.1, -0.05) is 6.92 Å². The number of aromatic nitrogens is 4. The molecule has 0 fully saturated rings. The SMILES string of the molecule is O.[2H]c1c(CC)c2cc3nc(cc4ccc(cc5nc(cc1n2C(C)=O)C=C5)[nH]4)C=C3. The lowest BCUT2D eigenvalue weighted by molar-refractivity contribution is 0.0946. The van der Waals surface area contributed by atoms with Crippen molar-refractivity contribution in [2.75, 3.05) is 0 Å². The summed E-state index contributed by atoms with van der Waals surface area (Å²) in [4.78, 5) is 25.3. The lowest BCUT2D eigenvalue weighted by atomic mass is 10.2. The number of aromatic amines is 1. The molecule has 30 heavy (non-hydrogen) atoms. The van der Waals surface area contributed by atoms with Crippen molar-refractivity contribution in [2.24, 2.45) is 0 Å². The molecule has 0 unspecified atom stereocenters. The van der Waals surface area contributed by atoms with Gasteiger partial charge in [0.15, 0.2) is 0 Å². The maximum Gasteiger partial charge on any atom is 0.228 e. The summed E-state index contributed by atoms with van der Waals surface area (Å²) < 4.78 is 10.3. The van der Waals surface area contributed by atoms with E-state index in [9.17, 15) is 4.79 Å². The molecule has 5 heterocycles. The summed E-state index contributed by atoms with van der Waals surface area (Å²) in [5, 5.41) is 0. The minimum Gasteiger partial charge on any atom is -0.412 e. The van der Waals surface area contributed by atoms with Gasteiger partial charge in [-0.05, 0) is 78.7 Å². The number of nitrogens with zero attached hydrogens (tertiary/aromatic N) is 3.